The second kappa shape index (κ2) is 8.47. The number of carbonyl (C=O) groups is 2. The number of nitrogens with zero attached hydrogens (tertiary/aromatic N) is 1. The molecule has 0 atom stereocenters. The zero-order chi connectivity index (χ0) is 18.4. The first-order valence-electron chi connectivity index (χ1n) is 8.80. The number of nitrogens with one attached hydrogen (secondary N) is 2. The quantitative estimate of drug-likeness (QED) is 0.863. The van der Waals surface area contributed by atoms with Crippen molar-refractivity contribution in [2.24, 2.45) is 0 Å². The number of rotatable bonds is 5. The number of likely N-dealkylation sites (tertiary alicyclic amines) is 1. The summed E-state index contributed by atoms with van der Waals surface area (Å²) in [6, 6.07) is 12.8. The fourth-order valence-electron chi connectivity index (χ4n) is 2.98. The normalized spacial score (nSPS) is 13.5. The van der Waals surface area contributed by atoms with Gasteiger partial charge >= 0.3 is 6.03 Å². The van der Waals surface area contributed by atoms with Crippen molar-refractivity contribution in [1.82, 2.24) is 10.2 Å². The van der Waals surface area contributed by atoms with E-state index < -0.39 is 0 Å². The largest absolute Gasteiger partial charge is 0.339 e. The summed E-state index contributed by atoms with van der Waals surface area (Å²) in [6.07, 6.45) is 2.70. The molecule has 2 aromatic carbocycles. The van der Waals surface area contributed by atoms with Gasteiger partial charge in [-0.3, -0.25) is 4.79 Å². The number of amides is 3. The highest BCUT2D eigenvalue weighted by Gasteiger charge is 2.19. The van der Waals surface area contributed by atoms with Gasteiger partial charge in [0.15, 0.2) is 0 Å². The van der Waals surface area contributed by atoms with Crippen LogP contribution in [-0.4, -0.2) is 36.5 Å². The molecule has 6 heteroatoms. The lowest BCUT2D eigenvalue weighted by molar-refractivity contribution is 0.0793. The summed E-state index contributed by atoms with van der Waals surface area (Å²) in [4.78, 5) is 26.3. The van der Waals surface area contributed by atoms with Crippen LogP contribution in [0.4, 0.5) is 14.9 Å². The van der Waals surface area contributed by atoms with Crippen molar-refractivity contribution in [3.05, 3.63) is 65.5 Å². The molecule has 136 valence electrons. The Morgan fingerprint density at radius 3 is 2.50 bits per heavy atom. The van der Waals surface area contributed by atoms with Crippen LogP contribution >= 0.6 is 0 Å². The Hall–Kier alpha value is -2.89. The summed E-state index contributed by atoms with van der Waals surface area (Å²) in [7, 11) is 0. The smallest absolute Gasteiger partial charge is 0.319 e. The molecule has 1 saturated heterocycles. The zero-order valence-corrected chi connectivity index (χ0v) is 14.5. The topological polar surface area (TPSA) is 61.4 Å². The van der Waals surface area contributed by atoms with Crippen molar-refractivity contribution in [3.8, 4) is 0 Å². The molecule has 3 amide bonds. The predicted octanol–water partition coefficient (Wildman–Crippen LogP) is 3.43. The van der Waals surface area contributed by atoms with E-state index in [1.54, 1.807) is 36.4 Å². The summed E-state index contributed by atoms with van der Waals surface area (Å²) in [5.74, 6) is -0.273. The minimum atomic E-state index is -0.335. The minimum absolute atomic E-state index is 0.00266. The van der Waals surface area contributed by atoms with E-state index in [9.17, 15) is 14.0 Å². The first-order valence-corrected chi connectivity index (χ1v) is 8.80. The van der Waals surface area contributed by atoms with Crippen molar-refractivity contribution < 1.29 is 14.0 Å². The molecule has 1 aliphatic rings. The Balaban J connectivity index is 1.50. The van der Waals surface area contributed by atoms with Gasteiger partial charge in [0.25, 0.3) is 5.91 Å². The van der Waals surface area contributed by atoms with E-state index >= 15 is 0 Å². The minimum Gasteiger partial charge on any atom is -0.339 e. The summed E-state index contributed by atoms with van der Waals surface area (Å²) < 4.78 is 12.9. The van der Waals surface area contributed by atoms with Crippen LogP contribution in [-0.2, 0) is 6.42 Å². The maximum absolute atomic E-state index is 12.9. The molecule has 0 bridgehead atoms. The van der Waals surface area contributed by atoms with Gasteiger partial charge in [-0.1, -0.05) is 18.2 Å². The average molecular weight is 355 g/mol. The molecule has 0 aliphatic carbocycles. The second-order valence-electron chi connectivity index (χ2n) is 6.34. The number of halogens is 1. The van der Waals surface area contributed by atoms with Crippen LogP contribution in [0.25, 0.3) is 0 Å². The number of hydrogen-bond acceptors (Lipinski definition) is 2. The van der Waals surface area contributed by atoms with E-state index in [2.05, 4.69) is 10.6 Å². The first-order chi connectivity index (χ1) is 12.6. The summed E-state index contributed by atoms with van der Waals surface area (Å²) in [6.45, 7) is 2.02. The summed E-state index contributed by atoms with van der Waals surface area (Å²) in [5, 5.41) is 5.50. The van der Waals surface area contributed by atoms with E-state index in [4.69, 9.17) is 0 Å². The monoisotopic (exact) mass is 355 g/mol. The van der Waals surface area contributed by atoms with Gasteiger partial charge in [0, 0.05) is 30.9 Å². The van der Waals surface area contributed by atoms with Gasteiger partial charge in [-0.05, 0) is 55.2 Å². The van der Waals surface area contributed by atoms with Gasteiger partial charge in [0.1, 0.15) is 5.82 Å². The van der Waals surface area contributed by atoms with Gasteiger partial charge in [-0.15, -0.1) is 0 Å². The summed E-state index contributed by atoms with van der Waals surface area (Å²) in [5.41, 5.74) is 2.11. The van der Waals surface area contributed by atoms with Crippen LogP contribution < -0.4 is 10.6 Å². The molecular weight excluding hydrogens is 333 g/mol. The third kappa shape index (κ3) is 4.81. The van der Waals surface area contributed by atoms with Gasteiger partial charge in [0.05, 0.1) is 0 Å². The standard InChI is InChI=1S/C20H22FN3O2/c21-17-8-6-15(7-9-17)10-11-22-20(26)23-18-5-3-4-16(14-18)19(25)24-12-1-2-13-24/h3-9,14H,1-2,10-13H2,(H2,22,23,26). The van der Waals surface area contributed by atoms with Crippen LogP contribution in [0, 0.1) is 5.82 Å². The van der Waals surface area contributed by atoms with Gasteiger partial charge < -0.3 is 15.5 Å². The number of anilines is 1. The van der Waals surface area contributed by atoms with E-state index in [-0.39, 0.29) is 17.8 Å². The number of benzene rings is 2. The third-order valence-electron chi connectivity index (χ3n) is 4.37. The predicted molar refractivity (Wildman–Crippen MR) is 98.7 cm³/mol. The van der Waals surface area contributed by atoms with Crippen LogP contribution in [0.1, 0.15) is 28.8 Å². The highest BCUT2D eigenvalue weighted by molar-refractivity contribution is 5.97. The molecule has 26 heavy (non-hydrogen) atoms. The fraction of sp³-hybridized carbons (Fsp3) is 0.300. The van der Waals surface area contributed by atoms with Gasteiger partial charge in [0.2, 0.25) is 0 Å². The van der Waals surface area contributed by atoms with Crippen LogP contribution in [0.5, 0.6) is 0 Å². The number of hydrogen-bond donors (Lipinski definition) is 2. The molecule has 2 aromatic rings. The van der Waals surface area contributed by atoms with Crippen molar-refractivity contribution in [1.29, 1.82) is 0 Å². The van der Waals surface area contributed by atoms with Crippen LogP contribution in [0.15, 0.2) is 48.5 Å². The maximum atomic E-state index is 12.9. The average Bonchev–Trinajstić information content (AvgIpc) is 3.18. The lowest BCUT2D eigenvalue weighted by atomic mass is 10.1. The Morgan fingerprint density at radius 2 is 1.77 bits per heavy atom. The molecule has 0 radical (unpaired) electrons. The molecule has 1 fully saturated rings. The molecule has 2 N–H and O–H groups in total. The van der Waals surface area contributed by atoms with E-state index in [0.717, 1.165) is 31.5 Å². The Bertz CT molecular complexity index is 771. The Kier molecular flexibility index (Phi) is 5.84. The molecule has 0 unspecified atom stereocenters. The van der Waals surface area contributed by atoms with Gasteiger partial charge in [-0.25, -0.2) is 9.18 Å². The van der Waals surface area contributed by atoms with Gasteiger partial charge in [-0.2, -0.15) is 0 Å². The van der Waals surface area contributed by atoms with Crippen molar-refractivity contribution in [3.63, 3.8) is 0 Å². The highest BCUT2D eigenvalue weighted by atomic mass is 19.1. The lowest BCUT2D eigenvalue weighted by Crippen LogP contribution is -2.31. The zero-order valence-electron chi connectivity index (χ0n) is 14.5. The van der Waals surface area contributed by atoms with Crippen molar-refractivity contribution >= 4 is 17.6 Å². The Labute approximate surface area is 152 Å². The molecule has 0 aromatic heterocycles. The molecule has 0 spiro atoms. The molecule has 5 nitrogen and oxygen atoms in total. The van der Waals surface area contributed by atoms with E-state index in [1.807, 2.05) is 4.90 Å². The molecular formula is C20H22FN3O2. The first kappa shape index (κ1) is 17.9. The van der Waals surface area contributed by atoms with E-state index in [0.29, 0.717) is 24.2 Å². The second-order valence-corrected chi connectivity index (χ2v) is 6.34. The van der Waals surface area contributed by atoms with E-state index in [1.165, 1.54) is 12.1 Å². The van der Waals surface area contributed by atoms with Crippen LogP contribution in [0.2, 0.25) is 0 Å². The molecule has 1 aliphatic heterocycles. The SMILES string of the molecule is O=C(NCCc1ccc(F)cc1)Nc1cccc(C(=O)N2CCCC2)c1. The number of urea groups is 1. The fourth-order valence-corrected chi connectivity index (χ4v) is 2.98. The number of carbonyl (C=O) groups excluding carboxylic acids is 2. The highest BCUT2D eigenvalue weighted by Crippen LogP contribution is 2.16. The molecule has 1 heterocycles. The third-order valence-corrected chi connectivity index (χ3v) is 4.37. The molecule has 3 rings (SSSR count). The van der Waals surface area contributed by atoms with Crippen molar-refractivity contribution in [2.75, 3.05) is 25.0 Å². The maximum Gasteiger partial charge on any atom is 0.319 e. The van der Waals surface area contributed by atoms with Crippen molar-refractivity contribution in [2.45, 2.75) is 19.3 Å². The summed E-state index contributed by atoms with van der Waals surface area (Å²) >= 11 is 0. The Morgan fingerprint density at radius 1 is 1.04 bits per heavy atom. The lowest BCUT2D eigenvalue weighted by Gasteiger charge is -2.16. The molecule has 0 saturated carbocycles. The van der Waals surface area contributed by atoms with Crippen LogP contribution in [0.3, 0.4) is 0 Å².